The average Bonchev–Trinajstić information content (AvgIpc) is 2.21. The van der Waals surface area contributed by atoms with Crippen molar-refractivity contribution in [1.29, 1.82) is 0 Å². The first-order chi connectivity index (χ1) is 6.36. The highest BCUT2D eigenvalue weighted by Gasteiger charge is 2.01. The van der Waals surface area contributed by atoms with Gasteiger partial charge in [-0.25, -0.2) is 0 Å². The number of ether oxygens (including phenoxy) is 1. The van der Waals surface area contributed by atoms with Gasteiger partial charge in [0.25, 0.3) is 0 Å². The first-order valence-corrected chi connectivity index (χ1v) is 4.39. The van der Waals surface area contributed by atoms with Crippen molar-refractivity contribution in [2.45, 2.75) is 18.9 Å². The van der Waals surface area contributed by atoms with E-state index in [1.807, 2.05) is 18.2 Å². The fourth-order valence-electron chi connectivity index (χ4n) is 1.21. The smallest absolute Gasteiger partial charge is 0.117 e. The molecule has 0 N–H and O–H groups in total. The summed E-state index contributed by atoms with van der Waals surface area (Å²) in [5, 5.41) is 0. The molecule has 0 amide bonds. The van der Waals surface area contributed by atoms with Gasteiger partial charge in [-0.05, 0) is 18.4 Å². The van der Waals surface area contributed by atoms with Gasteiger partial charge in [0.2, 0.25) is 0 Å². The van der Waals surface area contributed by atoms with Gasteiger partial charge in [-0.1, -0.05) is 36.3 Å². The molecule has 0 aliphatic rings. The van der Waals surface area contributed by atoms with Gasteiger partial charge in [0, 0.05) is 7.11 Å². The molecule has 1 unspecified atom stereocenters. The maximum Gasteiger partial charge on any atom is 0.117 e. The van der Waals surface area contributed by atoms with Crippen LogP contribution in [-0.2, 0) is 11.2 Å². The summed E-state index contributed by atoms with van der Waals surface area (Å²) >= 11 is 0. The van der Waals surface area contributed by atoms with Gasteiger partial charge in [-0.15, -0.1) is 6.42 Å². The molecule has 0 radical (unpaired) electrons. The van der Waals surface area contributed by atoms with Crippen molar-refractivity contribution in [1.82, 2.24) is 0 Å². The normalized spacial score (nSPS) is 12.0. The topological polar surface area (TPSA) is 9.23 Å². The molecule has 0 heterocycles. The zero-order chi connectivity index (χ0) is 9.52. The van der Waals surface area contributed by atoms with E-state index in [1.54, 1.807) is 7.11 Å². The van der Waals surface area contributed by atoms with Gasteiger partial charge in [-0.2, -0.15) is 0 Å². The van der Waals surface area contributed by atoms with Gasteiger partial charge in [0.15, 0.2) is 0 Å². The van der Waals surface area contributed by atoms with Crippen LogP contribution in [0, 0.1) is 12.3 Å². The molecular formula is C12H14O. The molecule has 1 rings (SSSR count). The summed E-state index contributed by atoms with van der Waals surface area (Å²) in [4.78, 5) is 0. The lowest BCUT2D eigenvalue weighted by Crippen LogP contribution is -2.08. The molecule has 0 saturated carbocycles. The minimum Gasteiger partial charge on any atom is -0.369 e. The van der Waals surface area contributed by atoms with E-state index >= 15 is 0 Å². The third kappa shape index (κ3) is 3.31. The second-order valence-corrected chi connectivity index (χ2v) is 2.92. The number of rotatable bonds is 4. The van der Waals surface area contributed by atoms with Gasteiger partial charge in [0.1, 0.15) is 6.10 Å². The van der Waals surface area contributed by atoms with E-state index in [9.17, 15) is 0 Å². The summed E-state index contributed by atoms with van der Waals surface area (Å²) in [5.74, 6) is 2.60. The highest BCUT2D eigenvalue weighted by atomic mass is 16.5. The van der Waals surface area contributed by atoms with Crippen molar-refractivity contribution < 1.29 is 4.74 Å². The van der Waals surface area contributed by atoms with Crippen LogP contribution < -0.4 is 0 Å². The number of terminal acetylenes is 1. The fourth-order valence-corrected chi connectivity index (χ4v) is 1.21. The Kier molecular flexibility index (Phi) is 4.08. The van der Waals surface area contributed by atoms with E-state index in [0.29, 0.717) is 0 Å². The van der Waals surface area contributed by atoms with Crippen LogP contribution in [0.5, 0.6) is 0 Å². The molecule has 1 heteroatoms. The maximum absolute atomic E-state index is 5.27. The molecule has 0 spiro atoms. The standard InChI is InChI=1S/C12H14O/c1-3-12(13-2)10-9-11-7-5-4-6-8-11/h1,4-8,12H,9-10H2,2H3. The summed E-state index contributed by atoms with van der Waals surface area (Å²) in [6.45, 7) is 0. The second-order valence-electron chi connectivity index (χ2n) is 2.92. The SMILES string of the molecule is C#CC(CCc1ccccc1)OC. The molecule has 0 aliphatic carbocycles. The number of benzene rings is 1. The lowest BCUT2D eigenvalue weighted by molar-refractivity contribution is 0.141. The lowest BCUT2D eigenvalue weighted by Gasteiger charge is -2.07. The Morgan fingerprint density at radius 3 is 2.62 bits per heavy atom. The Morgan fingerprint density at radius 2 is 2.08 bits per heavy atom. The van der Waals surface area contributed by atoms with E-state index in [1.165, 1.54) is 5.56 Å². The molecule has 0 bridgehead atoms. The Hall–Kier alpha value is -1.26. The molecule has 0 saturated heterocycles. The summed E-state index contributed by atoms with van der Waals surface area (Å²) in [6, 6.07) is 10.3. The zero-order valence-electron chi connectivity index (χ0n) is 7.86. The summed E-state index contributed by atoms with van der Waals surface area (Å²) in [5.41, 5.74) is 1.31. The third-order valence-electron chi connectivity index (χ3n) is 2.01. The molecule has 1 atom stereocenters. The maximum atomic E-state index is 5.27. The number of aryl methyl sites for hydroxylation is 1. The Morgan fingerprint density at radius 1 is 1.38 bits per heavy atom. The first-order valence-electron chi connectivity index (χ1n) is 4.39. The van der Waals surface area contributed by atoms with Crippen LogP contribution in [-0.4, -0.2) is 13.2 Å². The van der Waals surface area contributed by atoms with Gasteiger partial charge in [0.05, 0.1) is 0 Å². The van der Waals surface area contributed by atoms with E-state index in [4.69, 9.17) is 11.2 Å². The van der Waals surface area contributed by atoms with E-state index in [2.05, 4.69) is 18.1 Å². The predicted octanol–water partition coefficient (Wildman–Crippen LogP) is 2.27. The van der Waals surface area contributed by atoms with E-state index in [0.717, 1.165) is 12.8 Å². The van der Waals surface area contributed by atoms with Crippen molar-refractivity contribution in [3.05, 3.63) is 35.9 Å². The van der Waals surface area contributed by atoms with E-state index < -0.39 is 0 Å². The highest BCUT2D eigenvalue weighted by molar-refractivity contribution is 5.15. The number of methoxy groups -OCH3 is 1. The van der Waals surface area contributed by atoms with Crippen LogP contribution in [0.4, 0.5) is 0 Å². The fraction of sp³-hybridized carbons (Fsp3) is 0.333. The minimum atomic E-state index is -0.0554. The average molecular weight is 174 g/mol. The first kappa shape index (κ1) is 9.83. The van der Waals surface area contributed by atoms with Gasteiger partial charge in [-0.3, -0.25) is 0 Å². The van der Waals surface area contributed by atoms with Crippen molar-refractivity contribution >= 4 is 0 Å². The Balaban J connectivity index is 2.40. The number of hydrogen-bond donors (Lipinski definition) is 0. The summed E-state index contributed by atoms with van der Waals surface area (Å²) in [7, 11) is 1.65. The molecule has 13 heavy (non-hydrogen) atoms. The van der Waals surface area contributed by atoms with Crippen LogP contribution in [0.1, 0.15) is 12.0 Å². The van der Waals surface area contributed by atoms with Gasteiger partial charge >= 0.3 is 0 Å². The van der Waals surface area contributed by atoms with Crippen molar-refractivity contribution in [2.75, 3.05) is 7.11 Å². The number of hydrogen-bond acceptors (Lipinski definition) is 1. The van der Waals surface area contributed by atoms with Gasteiger partial charge < -0.3 is 4.74 Å². The molecule has 0 fully saturated rings. The molecule has 0 aromatic heterocycles. The molecule has 0 aliphatic heterocycles. The van der Waals surface area contributed by atoms with E-state index in [-0.39, 0.29) is 6.10 Å². The van der Waals surface area contributed by atoms with Crippen LogP contribution in [0.15, 0.2) is 30.3 Å². The molecule has 68 valence electrons. The summed E-state index contributed by atoms with van der Waals surface area (Å²) in [6.07, 6.45) is 7.08. The monoisotopic (exact) mass is 174 g/mol. The molecule has 1 aromatic rings. The van der Waals surface area contributed by atoms with Crippen molar-refractivity contribution in [3.8, 4) is 12.3 Å². The largest absolute Gasteiger partial charge is 0.369 e. The third-order valence-corrected chi connectivity index (χ3v) is 2.01. The molecular weight excluding hydrogens is 160 g/mol. The van der Waals surface area contributed by atoms with Crippen LogP contribution in [0.2, 0.25) is 0 Å². The highest BCUT2D eigenvalue weighted by Crippen LogP contribution is 2.05. The lowest BCUT2D eigenvalue weighted by atomic mass is 10.1. The Labute approximate surface area is 79.7 Å². The van der Waals surface area contributed by atoms with Crippen LogP contribution in [0.25, 0.3) is 0 Å². The second kappa shape index (κ2) is 5.40. The quantitative estimate of drug-likeness (QED) is 0.636. The summed E-state index contributed by atoms with van der Waals surface area (Å²) < 4.78 is 5.09. The molecule has 1 nitrogen and oxygen atoms in total. The van der Waals surface area contributed by atoms with Crippen LogP contribution >= 0.6 is 0 Å². The zero-order valence-corrected chi connectivity index (χ0v) is 7.86. The van der Waals surface area contributed by atoms with Crippen molar-refractivity contribution in [3.63, 3.8) is 0 Å². The predicted molar refractivity (Wildman–Crippen MR) is 54.4 cm³/mol. The Bertz CT molecular complexity index is 271. The van der Waals surface area contributed by atoms with Crippen molar-refractivity contribution in [2.24, 2.45) is 0 Å². The minimum absolute atomic E-state index is 0.0554. The van der Waals surface area contributed by atoms with Crippen LogP contribution in [0.3, 0.4) is 0 Å². The molecule has 1 aromatic carbocycles.